The van der Waals surface area contributed by atoms with Gasteiger partial charge in [0.1, 0.15) is 12.4 Å². The molecule has 3 rings (SSSR count). The average Bonchev–Trinajstić information content (AvgIpc) is 3.06. The topological polar surface area (TPSA) is 88.8 Å². The number of nitrogens with zero attached hydrogens (tertiary/aromatic N) is 5. The summed E-state index contributed by atoms with van der Waals surface area (Å²) in [4.78, 5) is 7.27. The van der Waals surface area contributed by atoms with Crippen molar-refractivity contribution in [2.75, 3.05) is 46.5 Å². The van der Waals surface area contributed by atoms with Crippen LogP contribution in [0.2, 0.25) is 0 Å². The molecule has 0 spiro atoms. The predicted octanol–water partition coefficient (Wildman–Crippen LogP) is 1.08. The molecule has 0 amide bonds. The lowest BCUT2D eigenvalue weighted by molar-refractivity contribution is -0.176. The molecule has 2 aliphatic rings. The molecule has 0 aromatic carbocycles. The summed E-state index contributed by atoms with van der Waals surface area (Å²) in [6, 6.07) is 0.300. The van der Waals surface area contributed by atoms with Gasteiger partial charge in [0.2, 0.25) is 0 Å². The van der Waals surface area contributed by atoms with Crippen molar-refractivity contribution in [3.8, 4) is 0 Å². The first-order valence-electron chi connectivity index (χ1n) is 11.0. The molecule has 1 aromatic rings. The van der Waals surface area contributed by atoms with Crippen molar-refractivity contribution in [1.29, 1.82) is 0 Å². The van der Waals surface area contributed by atoms with Gasteiger partial charge in [0.25, 0.3) is 0 Å². The number of hydrogen-bond acceptors (Lipinski definition) is 6. The van der Waals surface area contributed by atoms with E-state index in [1.807, 2.05) is 18.5 Å². The van der Waals surface area contributed by atoms with Gasteiger partial charge >= 0.3 is 0 Å². The predicted molar refractivity (Wildman–Crippen MR) is 117 cm³/mol. The van der Waals surface area contributed by atoms with E-state index in [0.717, 1.165) is 69.8 Å². The zero-order valence-corrected chi connectivity index (χ0v) is 19.5. The Bertz CT molecular complexity index is 727. The zero-order chi connectivity index (χ0) is 21.8. The van der Waals surface area contributed by atoms with Gasteiger partial charge in [-0.05, 0) is 33.2 Å². The number of rotatable bonds is 8. The Labute approximate surface area is 180 Å². The van der Waals surface area contributed by atoms with Crippen LogP contribution in [0.3, 0.4) is 0 Å². The molecule has 9 nitrogen and oxygen atoms in total. The van der Waals surface area contributed by atoms with Crippen LogP contribution < -0.4 is 10.6 Å². The van der Waals surface area contributed by atoms with E-state index < -0.39 is 0 Å². The Balaban J connectivity index is 1.58. The molecule has 1 saturated heterocycles. The smallest absolute Gasteiger partial charge is 0.191 e. The van der Waals surface area contributed by atoms with Crippen LogP contribution >= 0.6 is 0 Å². The highest BCUT2D eigenvalue weighted by Crippen LogP contribution is 2.51. The first-order chi connectivity index (χ1) is 14.3. The lowest BCUT2D eigenvalue weighted by Crippen LogP contribution is -2.69. The van der Waals surface area contributed by atoms with Gasteiger partial charge in [0.05, 0.1) is 18.8 Å². The van der Waals surface area contributed by atoms with Crippen molar-refractivity contribution in [2.24, 2.45) is 17.5 Å². The maximum Gasteiger partial charge on any atom is 0.191 e. The van der Waals surface area contributed by atoms with Crippen LogP contribution in [0.15, 0.2) is 4.99 Å². The second-order valence-corrected chi connectivity index (χ2v) is 9.18. The molecular weight excluding hydrogens is 382 g/mol. The Kier molecular flexibility index (Phi) is 7.36. The third kappa shape index (κ3) is 4.95. The lowest BCUT2D eigenvalue weighted by Gasteiger charge is -2.59. The van der Waals surface area contributed by atoms with Gasteiger partial charge in [-0.3, -0.25) is 4.90 Å². The van der Waals surface area contributed by atoms with E-state index in [1.165, 1.54) is 0 Å². The molecule has 2 fully saturated rings. The van der Waals surface area contributed by atoms with E-state index in [9.17, 15) is 0 Å². The summed E-state index contributed by atoms with van der Waals surface area (Å²) in [6.07, 6.45) is 2.02. The molecule has 1 aliphatic carbocycles. The molecule has 2 atom stereocenters. The van der Waals surface area contributed by atoms with E-state index >= 15 is 0 Å². The van der Waals surface area contributed by atoms with Crippen LogP contribution in [0.1, 0.15) is 45.3 Å². The number of morpholine rings is 1. The minimum Gasteiger partial charge on any atom is -0.379 e. The van der Waals surface area contributed by atoms with Crippen LogP contribution in [0.25, 0.3) is 0 Å². The molecular formula is C21H39N7O2. The number of guanidine groups is 1. The second-order valence-electron chi connectivity index (χ2n) is 9.18. The fraction of sp³-hybridized carbons (Fsp3) is 0.857. The van der Waals surface area contributed by atoms with E-state index in [1.54, 1.807) is 7.11 Å². The molecule has 9 heteroatoms. The fourth-order valence-corrected chi connectivity index (χ4v) is 4.11. The molecule has 2 unspecified atom stereocenters. The molecule has 1 aliphatic heterocycles. The van der Waals surface area contributed by atoms with Gasteiger partial charge in [-0.25, -0.2) is 4.99 Å². The van der Waals surface area contributed by atoms with Gasteiger partial charge < -0.3 is 24.7 Å². The molecule has 30 heavy (non-hydrogen) atoms. The summed E-state index contributed by atoms with van der Waals surface area (Å²) in [5, 5.41) is 15.5. The van der Waals surface area contributed by atoms with Gasteiger partial charge in [0.15, 0.2) is 11.8 Å². The Morgan fingerprint density at radius 2 is 2.00 bits per heavy atom. The van der Waals surface area contributed by atoms with Crippen molar-refractivity contribution >= 4 is 5.96 Å². The quantitative estimate of drug-likeness (QED) is 0.369. The van der Waals surface area contributed by atoms with Crippen molar-refractivity contribution in [3.63, 3.8) is 0 Å². The normalized spacial score (nSPS) is 27.0. The highest BCUT2D eigenvalue weighted by atomic mass is 16.5. The Morgan fingerprint density at radius 1 is 1.27 bits per heavy atom. The lowest BCUT2D eigenvalue weighted by atomic mass is 9.56. The highest BCUT2D eigenvalue weighted by Gasteiger charge is 2.58. The van der Waals surface area contributed by atoms with E-state index in [4.69, 9.17) is 14.5 Å². The van der Waals surface area contributed by atoms with Crippen molar-refractivity contribution in [2.45, 2.75) is 58.7 Å². The first-order valence-corrected chi connectivity index (χ1v) is 11.0. The standard InChI is InChI=1S/C21H39N7O2/c1-16-25-26-18(27(16)5)15-23-19(22-8-7-9-28-10-12-30-13-11-28)24-17-14-21(4,29-6)20(17,2)3/h17H,7-15H2,1-6H3,(H2,22,23,24). The number of nitrogens with one attached hydrogen (secondary N) is 2. The van der Waals surface area contributed by atoms with Crippen LogP contribution in [-0.4, -0.2) is 83.8 Å². The number of ether oxygens (including phenoxy) is 2. The van der Waals surface area contributed by atoms with Crippen LogP contribution in [0, 0.1) is 12.3 Å². The van der Waals surface area contributed by atoms with Gasteiger partial charge in [-0.15, -0.1) is 10.2 Å². The van der Waals surface area contributed by atoms with Crippen molar-refractivity contribution in [3.05, 3.63) is 11.6 Å². The van der Waals surface area contributed by atoms with Gasteiger partial charge in [-0.2, -0.15) is 0 Å². The monoisotopic (exact) mass is 421 g/mol. The summed E-state index contributed by atoms with van der Waals surface area (Å²) in [5.74, 6) is 2.58. The molecule has 2 heterocycles. The molecule has 1 aromatic heterocycles. The van der Waals surface area contributed by atoms with Gasteiger partial charge in [-0.1, -0.05) is 13.8 Å². The Morgan fingerprint density at radius 3 is 2.60 bits per heavy atom. The summed E-state index contributed by atoms with van der Waals surface area (Å²) in [7, 11) is 3.77. The number of aliphatic imine (C=N–C) groups is 1. The number of aromatic nitrogens is 3. The third-order valence-electron chi connectivity index (χ3n) is 7.20. The SMILES string of the molecule is COC1(C)CC(NC(=NCc2nnc(C)n2C)NCCCN2CCOCC2)C1(C)C. The van der Waals surface area contributed by atoms with Gasteiger partial charge in [0, 0.05) is 45.2 Å². The molecule has 1 saturated carbocycles. The molecule has 0 radical (unpaired) electrons. The summed E-state index contributed by atoms with van der Waals surface area (Å²) < 4.78 is 13.2. The zero-order valence-electron chi connectivity index (χ0n) is 19.5. The van der Waals surface area contributed by atoms with Crippen molar-refractivity contribution in [1.82, 2.24) is 30.3 Å². The minimum atomic E-state index is -0.118. The number of hydrogen-bond donors (Lipinski definition) is 2. The molecule has 0 bridgehead atoms. The number of aryl methyl sites for hydroxylation is 1. The minimum absolute atomic E-state index is 0.0133. The van der Waals surface area contributed by atoms with E-state index in [-0.39, 0.29) is 11.0 Å². The second kappa shape index (κ2) is 9.62. The van der Waals surface area contributed by atoms with E-state index in [0.29, 0.717) is 12.6 Å². The molecule has 2 N–H and O–H groups in total. The van der Waals surface area contributed by atoms with Crippen LogP contribution in [0.5, 0.6) is 0 Å². The van der Waals surface area contributed by atoms with E-state index in [2.05, 4.69) is 46.5 Å². The number of methoxy groups -OCH3 is 1. The van der Waals surface area contributed by atoms with Crippen molar-refractivity contribution < 1.29 is 9.47 Å². The molecule has 170 valence electrons. The Hall–Kier alpha value is -1.71. The van der Waals surface area contributed by atoms with Crippen LogP contribution in [0.4, 0.5) is 0 Å². The largest absolute Gasteiger partial charge is 0.379 e. The summed E-state index contributed by atoms with van der Waals surface area (Å²) in [6.45, 7) is 14.8. The average molecular weight is 422 g/mol. The fourth-order valence-electron chi connectivity index (χ4n) is 4.11. The summed E-state index contributed by atoms with van der Waals surface area (Å²) >= 11 is 0. The van der Waals surface area contributed by atoms with Crippen LogP contribution in [-0.2, 0) is 23.1 Å². The third-order valence-corrected chi connectivity index (χ3v) is 7.20. The first kappa shape index (κ1) is 23.0. The highest BCUT2D eigenvalue weighted by molar-refractivity contribution is 5.80. The summed E-state index contributed by atoms with van der Waals surface area (Å²) in [5.41, 5.74) is -0.105. The maximum atomic E-state index is 5.78. The maximum absolute atomic E-state index is 5.78.